The molecular formula is C21H29N3O2. The van der Waals surface area contributed by atoms with Crippen LogP contribution in [0.2, 0.25) is 0 Å². The zero-order valence-corrected chi connectivity index (χ0v) is 16.5. The number of benzene rings is 1. The number of ether oxygens (including phenoxy) is 1. The highest BCUT2D eigenvalue weighted by Crippen LogP contribution is 2.30. The van der Waals surface area contributed by atoms with Gasteiger partial charge in [0.15, 0.2) is 0 Å². The Morgan fingerprint density at radius 1 is 1.19 bits per heavy atom. The van der Waals surface area contributed by atoms with Gasteiger partial charge in [-0.3, -0.25) is 4.79 Å². The number of carbonyl (C=O) groups is 1. The Hall–Kier alpha value is -2.14. The van der Waals surface area contributed by atoms with Crippen molar-refractivity contribution in [1.29, 1.82) is 0 Å². The Kier molecular flexibility index (Phi) is 5.19. The minimum atomic E-state index is -0.149. The molecule has 0 aliphatic carbocycles. The minimum absolute atomic E-state index is 0.0444. The third-order valence-electron chi connectivity index (χ3n) is 4.61. The number of hydrogen-bond donors (Lipinski definition) is 0. The maximum absolute atomic E-state index is 12.6. The van der Waals surface area contributed by atoms with Gasteiger partial charge < -0.3 is 14.2 Å². The molecule has 0 bridgehead atoms. The molecule has 0 fully saturated rings. The third-order valence-corrected chi connectivity index (χ3v) is 4.61. The molecular weight excluding hydrogens is 326 g/mol. The molecule has 0 N–H and O–H groups in total. The minimum Gasteiger partial charge on any atom is -0.371 e. The lowest BCUT2D eigenvalue weighted by molar-refractivity contribution is -0.0149. The van der Waals surface area contributed by atoms with Gasteiger partial charge in [0, 0.05) is 12.1 Å². The van der Waals surface area contributed by atoms with Gasteiger partial charge in [-0.15, -0.1) is 0 Å². The molecule has 3 rings (SSSR count). The van der Waals surface area contributed by atoms with Gasteiger partial charge in [0.2, 0.25) is 5.82 Å². The fourth-order valence-electron chi connectivity index (χ4n) is 3.20. The number of unbranched alkanes of at least 4 members (excludes halogenated alkanes) is 1. The number of hydrogen-bond acceptors (Lipinski definition) is 3. The summed E-state index contributed by atoms with van der Waals surface area (Å²) < 4.78 is 7.89. The van der Waals surface area contributed by atoms with Gasteiger partial charge in [-0.25, -0.2) is 4.98 Å². The van der Waals surface area contributed by atoms with Crippen molar-refractivity contribution in [3.05, 3.63) is 41.3 Å². The average Bonchev–Trinajstić information content (AvgIpc) is 3.06. The van der Waals surface area contributed by atoms with Crippen molar-refractivity contribution in [2.45, 2.75) is 66.3 Å². The summed E-state index contributed by atoms with van der Waals surface area (Å²) in [6.07, 6.45) is 2.10. The molecule has 0 spiro atoms. The van der Waals surface area contributed by atoms with Gasteiger partial charge in [0.1, 0.15) is 0 Å². The van der Waals surface area contributed by atoms with Crippen LogP contribution in [0.1, 0.15) is 62.4 Å². The third kappa shape index (κ3) is 3.83. The molecule has 0 radical (unpaired) electrons. The molecule has 1 aromatic carbocycles. The fourth-order valence-corrected chi connectivity index (χ4v) is 3.20. The average molecular weight is 355 g/mol. The van der Waals surface area contributed by atoms with Crippen molar-refractivity contribution in [2.75, 3.05) is 6.54 Å². The van der Waals surface area contributed by atoms with E-state index < -0.39 is 0 Å². The van der Waals surface area contributed by atoms with Crippen LogP contribution in [0.4, 0.5) is 0 Å². The molecule has 0 saturated heterocycles. The number of nitrogens with zero attached hydrogens (tertiary/aromatic N) is 3. The maximum atomic E-state index is 12.6. The first-order valence-corrected chi connectivity index (χ1v) is 9.40. The number of fused-ring (bicyclic) bond motifs is 1. The summed E-state index contributed by atoms with van der Waals surface area (Å²) in [5.74, 6) is 0.608. The molecule has 1 aliphatic rings. The van der Waals surface area contributed by atoms with Crippen LogP contribution in [-0.2, 0) is 18.0 Å². The SMILES string of the molecule is CCCCN1Cn2c(nc(C)c2-c2ccc(COC(C)(C)C)cc2)C1=O. The van der Waals surface area contributed by atoms with Gasteiger partial charge in [-0.05, 0) is 39.7 Å². The Bertz CT molecular complexity index is 785. The molecule has 0 atom stereocenters. The molecule has 26 heavy (non-hydrogen) atoms. The van der Waals surface area contributed by atoms with Crippen LogP contribution in [0, 0.1) is 6.92 Å². The van der Waals surface area contributed by atoms with E-state index in [-0.39, 0.29) is 11.5 Å². The van der Waals surface area contributed by atoms with E-state index in [0.29, 0.717) is 19.1 Å². The van der Waals surface area contributed by atoms with E-state index in [9.17, 15) is 4.79 Å². The van der Waals surface area contributed by atoms with E-state index in [1.54, 1.807) is 0 Å². The number of rotatable bonds is 6. The number of carbonyl (C=O) groups excluding carboxylic acids is 1. The summed E-state index contributed by atoms with van der Waals surface area (Å²) in [5, 5.41) is 0. The van der Waals surface area contributed by atoms with E-state index in [0.717, 1.165) is 41.9 Å². The van der Waals surface area contributed by atoms with Crippen molar-refractivity contribution in [2.24, 2.45) is 0 Å². The topological polar surface area (TPSA) is 47.4 Å². The Morgan fingerprint density at radius 2 is 1.88 bits per heavy atom. The lowest BCUT2D eigenvalue weighted by Crippen LogP contribution is -2.26. The summed E-state index contributed by atoms with van der Waals surface area (Å²) in [6.45, 7) is 12.3. The monoisotopic (exact) mass is 355 g/mol. The van der Waals surface area contributed by atoms with Crippen molar-refractivity contribution < 1.29 is 9.53 Å². The predicted molar refractivity (Wildman–Crippen MR) is 103 cm³/mol. The van der Waals surface area contributed by atoms with E-state index in [1.807, 2.05) is 16.4 Å². The highest BCUT2D eigenvalue weighted by Gasteiger charge is 2.32. The van der Waals surface area contributed by atoms with Crippen LogP contribution in [0.3, 0.4) is 0 Å². The van der Waals surface area contributed by atoms with Gasteiger partial charge in [0.05, 0.1) is 30.3 Å². The molecule has 1 amide bonds. The molecule has 0 saturated carbocycles. The molecule has 2 aromatic rings. The van der Waals surface area contributed by atoms with E-state index >= 15 is 0 Å². The molecule has 140 valence electrons. The number of amides is 1. The second-order valence-corrected chi connectivity index (χ2v) is 7.96. The normalized spacial score (nSPS) is 14.2. The standard InChI is InChI=1S/C21H29N3O2/c1-6-7-12-23-14-24-18(15(2)22-19(24)20(23)25)17-10-8-16(9-11-17)13-26-21(3,4)5/h8-11H,6-7,12-14H2,1-5H3. The Labute approximate surface area is 156 Å². The summed E-state index contributed by atoms with van der Waals surface area (Å²) in [5.41, 5.74) is 4.02. The van der Waals surface area contributed by atoms with Crippen LogP contribution in [0.5, 0.6) is 0 Å². The number of imidazole rings is 1. The van der Waals surface area contributed by atoms with E-state index in [1.165, 1.54) is 0 Å². The molecule has 2 heterocycles. The van der Waals surface area contributed by atoms with E-state index in [2.05, 4.69) is 56.9 Å². The van der Waals surface area contributed by atoms with Crippen molar-refractivity contribution in [3.63, 3.8) is 0 Å². The summed E-state index contributed by atoms with van der Waals surface area (Å²) in [7, 11) is 0. The van der Waals surface area contributed by atoms with Crippen LogP contribution in [0.15, 0.2) is 24.3 Å². The number of aromatic nitrogens is 2. The zero-order valence-electron chi connectivity index (χ0n) is 16.5. The molecule has 0 unspecified atom stereocenters. The lowest BCUT2D eigenvalue weighted by Gasteiger charge is -2.19. The second kappa shape index (κ2) is 7.23. The second-order valence-electron chi connectivity index (χ2n) is 7.96. The molecule has 5 nitrogen and oxygen atoms in total. The maximum Gasteiger partial charge on any atom is 0.291 e. The molecule has 1 aliphatic heterocycles. The van der Waals surface area contributed by atoms with Crippen molar-refractivity contribution >= 4 is 5.91 Å². The van der Waals surface area contributed by atoms with Crippen LogP contribution in [-0.4, -0.2) is 32.5 Å². The fraction of sp³-hybridized carbons (Fsp3) is 0.524. The smallest absolute Gasteiger partial charge is 0.291 e. The summed E-state index contributed by atoms with van der Waals surface area (Å²) in [6, 6.07) is 8.37. The van der Waals surface area contributed by atoms with Gasteiger partial charge in [0.25, 0.3) is 5.91 Å². The van der Waals surface area contributed by atoms with Crippen LogP contribution in [0.25, 0.3) is 11.3 Å². The summed E-state index contributed by atoms with van der Waals surface area (Å²) >= 11 is 0. The highest BCUT2D eigenvalue weighted by molar-refractivity contribution is 5.94. The number of aryl methyl sites for hydroxylation is 1. The lowest BCUT2D eigenvalue weighted by atomic mass is 10.1. The van der Waals surface area contributed by atoms with Crippen molar-refractivity contribution in [1.82, 2.24) is 14.5 Å². The quantitative estimate of drug-likeness (QED) is 0.772. The van der Waals surface area contributed by atoms with Crippen LogP contribution >= 0.6 is 0 Å². The van der Waals surface area contributed by atoms with Gasteiger partial charge in [-0.1, -0.05) is 37.6 Å². The van der Waals surface area contributed by atoms with Gasteiger partial charge >= 0.3 is 0 Å². The van der Waals surface area contributed by atoms with E-state index in [4.69, 9.17) is 4.74 Å². The van der Waals surface area contributed by atoms with Crippen LogP contribution < -0.4 is 0 Å². The Balaban J connectivity index is 1.81. The Morgan fingerprint density at radius 3 is 2.50 bits per heavy atom. The summed E-state index contributed by atoms with van der Waals surface area (Å²) in [4.78, 5) is 19.0. The predicted octanol–water partition coefficient (Wildman–Crippen LogP) is 4.39. The largest absolute Gasteiger partial charge is 0.371 e. The first kappa shape index (κ1) is 18.6. The molecule has 1 aromatic heterocycles. The van der Waals surface area contributed by atoms with Gasteiger partial charge in [-0.2, -0.15) is 0 Å². The molecule has 5 heteroatoms. The first-order valence-electron chi connectivity index (χ1n) is 9.40. The first-order chi connectivity index (χ1) is 12.3. The van der Waals surface area contributed by atoms with Crippen molar-refractivity contribution in [3.8, 4) is 11.3 Å². The zero-order chi connectivity index (χ0) is 18.9. The highest BCUT2D eigenvalue weighted by atomic mass is 16.5.